The van der Waals surface area contributed by atoms with Crippen LogP contribution in [0.5, 0.6) is 0 Å². The van der Waals surface area contributed by atoms with Crippen LogP contribution in [0.2, 0.25) is 0 Å². The summed E-state index contributed by atoms with van der Waals surface area (Å²) in [5, 5.41) is 3.02. The van der Waals surface area contributed by atoms with Crippen LogP contribution in [0, 0.1) is 0 Å². The van der Waals surface area contributed by atoms with Gasteiger partial charge in [-0.15, -0.1) is 0 Å². The van der Waals surface area contributed by atoms with Crippen LogP contribution in [-0.4, -0.2) is 73.7 Å². The van der Waals surface area contributed by atoms with E-state index in [4.69, 9.17) is 0 Å². The molecule has 0 radical (unpaired) electrons. The molecule has 1 fully saturated rings. The lowest BCUT2D eigenvalue weighted by atomic mass is 10.2. The van der Waals surface area contributed by atoms with Crippen LogP contribution >= 0.6 is 0 Å². The first kappa shape index (κ1) is 16.5. The first-order chi connectivity index (χ1) is 10.6. The zero-order valence-electron chi connectivity index (χ0n) is 13.8. The molecule has 1 aromatic rings. The van der Waals surface area contributed by atoms with Gasteiger partial charge in [-0.05, 0) is 39.6 Å². The molecule has 6 heteroatoms. The second-order valence-corrected chi connectivity index (χ2v) is 6.01. The Morgan fingerprint density at radius 1 is 1.27 bits per heavy atom. The van der Waals surface area contributed by atoms with Crippen molar-refractivity contribution in [1.29, 1.82) is 0 Å². The summed E-state index contributed by atoms with van der Waals surface area (Å²) in [7, 11) is 4.12. The van der Waals surface area contributed by atoms with E-state index in [1.54, 1.807) is 12.4 Å². The molecule has 6 nitrogen and oxygen atoms in total. The van der Waals surface area contributed by atoms with Crippen molar-refractivity contribution >= 4 is 11.7 Å². The summed E-state index contributed by atoms with van der Waals surface area (Å²) >= 11 is 0. The number of rotatable bonds is 5. The first-order valence-corrected chi connectivity index (χ1v) is 7.92. The summed E-state index contributed by atoms with van der Waals surface area (Å²) in [6.07, 6.45) is 4.58. The first-order valence-electron chi connectivity index (χ1n) is 7.92. The number of anilines is 1. The summed E-state index contributed by atoms with van der Waals surface area (Å²) in [5.74, 6) is 0. The molecule has 1 atom stereocenters. The van der Waals surface area contributed by atoms with E-state index in [0.29, 0.717) is 6.04 Å². The van der Waals surface area contributed by atoms with Crippen LogP contribution < -0.4 is 10.2 Å². The van der Waals surface area contributed by atoms with Gasteiger partial charge >= 0.3 is 6.03 Å². The van der Waals surface area contributed by atoms with Crippen LogP contribution in [0.25, 0.3) is 0 Å². The van der Waals surface area contributed by atoms with E-state index >= 15 is 0 Å². The lowest BCUT2D eigenvalue weighted by molar-refractivity contribution is 0.192. The second kappa shape index (κ2) is 7.98. The lowest BCUT2D eigenvalue weighted by Crippen LogP contribution is -2.52. The minimum absolute atomic E-state index is 0.0559. The monoisotopic (exact) mass is 305 g/mol. The van der Waals surface area contributed by atoms with Gasteiger partial charge in [-0.1, -0.05) is 0 Å². The van der Waals surface area contributed by atoms with Gasteiger partial charge in [0.25, 0.3) is 0 Å². The lowest BCUT2D eigenvalue weighted by Gasteiger charge is -2.36. The van der Waals surface area contributed by atoms with Crippen LogP contribution in [-0.2, 0) is 0 Å². The van der Waals surface area contributed by atoms with Gasteiger partial charge in [0.2, 0.25) is 0 Å². The van der Waals surface area contributed by atoms with Gasteiger partial charge in [0, 0.05) is 56.8 Å². The van der Waals surface area contributed by atoms with Crippen molar-refractivity contribution < 1.29 is 4.79 Å². The minimum atomic E-state index is 0.0559. The van der Waals surface area contributed by atoms with Crippen LogP contribution in [0.15, 0.2) is 24.5 Å². The smallest absolute Gasteiger partial charge is 0.317 e. The highest BCUT2D eigenvalue weighted by molar-refractivity contribution is 5.74. The zero-order valence-corrected chi connectivity index (χ0v) is 13.8. The maximum Gasteiger partial charge on any atom is 0.317 e. The Morgan fingerprint density at radius 3 is 2.50 bits per heavy atom. The van der Waals surface area contributed by atoms with Gasteiger partial charge in [-0.2, -0.15) is 0 Å². The van der Waals surface area contributed by atoms with Gasteiger partial charge in [0.15, 0.2) is 0 Å². The summed E-state index contributed by atoms with van der Waals surface area (Å²) in [5.41, 5.74) is 1.18. The largest absolute Gasteiger partial charge is 0.368 e. The van der Waals surface area contributed by atoms with Gasteiger partial charge in [-0.25, -0.2) is 4.79 Å². The molecule has 0 aliphatic carbocycles. The number of pyridine rings is 1. The SMILES string of the molecule is C[C@@H](CCNC(=O)N1CCN(c2ccncc2)CC1)N(C)C. The molecule has 2 heterocycles. The van der Waals surface area contributed by atoms with Crippen molar-refractivity contribution in [2.45, 2.75) is 19.4 Å². The Labute approximate surface area is 133 Å². The highest BCUT2D eigenvalue weighted by atomic mass is 16.2. The second-order valence-electron chi connectivity index (χ2n) is 6.01. The maximum absolute atomic E-state index is 12.2. The third-order valence-electron chi connectivity index (χ3n) is 4.31. The molecule has 2 rings (SSSR count). The maximum atomic E-state index is 12.2. The quantitative estimate of drug-likeness (QED) is 0.890. The molecule has 122 valence electrons. The number of carbonyl (C=O) groups excluding carboxylic acids is 1. The normalized spacial score (nSPS) is 16.7. The molecule has 0 unspecified atom stereocenters. The molecule has 2 amide bonds. The number of hydrogen-bond donors (Lipinski definition) is 1. The van der Waals surface area contributed by atoms with Crippen molar-refractivity contribution in [3.8, 4) is 0 Å². The molecule has 1 aliphatic heterocycles. The van der Waals surface area contributed by atoms with Gasteiger partial charge < -0.3 is 20.0 Å². The topological polar surface area (TPSA) is 51.7 Å². The van der Waals surface area contributed by atoms with E-state index in [-0.39, 0.29) is 6.03 Å². The van der Waals surface area contributed by atoms with E-state index in [9.17, 15) is 4.79 Å². The molecular formula is C16H27N5O. The number of hydrogen-bond acceptors (Lipinski definition) is 4. The van der Waals surface area contributed by atoms with Crippen molar-refractivity contribution in [1.82, 2.24) is 20.1 Å². The van der Waals surface area contributed by atoms with E-state index in [1.807, 2.05) is 17.0 Å². The predicted octanol–water partition coefficient (Wildman–Crippen LogP) is 1.25. The number of amides is 2. The molecule has 0 aromatic carbocycles. The Balaban J connectivity index is 1.71. The van der Waals surface area contributed by atoms with Gasteiger partial charge in [-0.3, -0.25) is 4.98 Å². The van der Waals surface area contributed by atoms with E-state index < -0.39 is 0 Å². The summed E-state index contributed by atoms with van der Waals surface area (Å²) < 4.78 is 0. The molecule has 0 saturated carbocycles. The fourth-order valence-electron chi connectivity index (χ4n) is 2.48. The van der Waals surface area contributed by atoms with E-state index in [2.05, 4.69) is 41.1 Å². The van der Waals surface area contributed by atoms with Crippen molar-refractivity contribution in [2.75, 3.05) is 51.7 Å². The van der Waals surface area contributed by atoms with Crippen molar-refractivity contribution in [3.05, 3.63) is 24.5 Å². The Hall–Kier alpha value is -1.82. The fourth-order valence-corrected chi connectivity index (χ4v) is 2.48. The standard InChI is InChI=1S/C16H27N5O/c1-14(19(2)3)4-9-18-16(22)21-12-10-20(11-13-21)15-5-7-17-8-6-15/h5-8,14H,4,9-13H2,1-3H3,(H,18,22)/t14-/m0/s1. The molecule has 1 N–H and O–H groups in total. The summed E-state index contributed by atoms with van der Waals surface area (Å²) in [6.45, 7) is 6.15. The molecule has 1 aromatic heterocycles. The van der Waals surface area contributed by atoms with Crippen molar-refractivity contribution in [2.24, 2.45) is 0 Å². The number of nitrogens with zero attached hydrogens (tertiary/aromatic N) is 4. The van der Waals surface area contributed by atoms with E-state index in [0.717, 1.165) is 39.1 Å². The number of carbonyl (C=O) groups is 1. The molecule has 1 saturated heterocycles. The van der Waals surface area contributed by atoms with Crippen LogP contribution in [0.4, 0.5) is 10.5 Å². The Bertz CT molecular complexity index is 457. The number of piperazine rings is 1. The van der Waals surface area contributed by atoms with Gasteiger partial charge in [0.1, 0.15) is 0 Å². The Kier molecular flexibility index (Phi) is 6.00. The van der Waals surface area contributed by atoms with Crippen LogP contribution in [0.3, 0.4) is 0 Å². The fraction of sp³-hybridized carbons (Fsp3) is 0.625. The van der Waals surface area contributed by atoms with E-state index in [1.165, 1.54) is 5.69 Å². The van der Waals surface area contributed by atoms with Crippen LogP contribution in [0.1, 0.15) is 13.3 Å². The summed E-state index contributed by atoms with van der Waals surface area (Å²) in [6, 6.07) is 4.56. The van der Waals surface area contributed by atoms with Gasteiger partial charge in [0.05, 0.1) is 0 Å². The molecule has 0 bridgehead atoms. The zero-order chi connectivity index (χ0) is 15.9. The highest BCUT2D eigenvalue weighted by Crippen LogP contribution is 2.14. The third-order valence-corrected chi connectivity index (χ3v) is 4.31. The summed E-state index contributed by atoms with van der Waals surface area (Å²) in [4.78, 5) is 22.6. The average Bonchev–Trinajstić information content (AvgIpc) is 2.55. The third kappa shape index (κ3) is 4.59. The number of urea groups is 1. The Morgan fingerprint density at radius 2 is 1.91 bits per heavy atom. The predicted molar refractivity (Wildman–Crippen MR) is 89.2 cm³/mol. The number of nitrogens with one attached hydrogen (secondary N) is 1. The number of aromatic nitrogens is 1. The minimum Gasteiger partial charge on any atom is -0.368 e. The highest BCUT2D eigenvalue weighted by Gasteiger charge is 2.21. The van der Waals surface area contributed by atoms with Crippen molar-refractivity contribution in [3.63, 3.8) is 0 Å². The molecule has 22 heavy (non-hydrogen) atoms. The average molecular weight is 305 g/mol. The molecule has 0 spiro atoms. The molecular weight excluding hydrogens is 278 g/mol. The molecule has 1 aliphatic rings.